The zero-order valence-electron chi connectivity index (χ0n) is 8.49. The first-order chi connectivity index (χ1) is 6.74. The Morgan fingerprint density at radius 3 is 3.14 bits per heavy atom. The molecule has 0 aromatic carbocycles. The maximum absolute atomic E-state index is 11.4. The van der Waals surface area contributed by atoms with Gasteiger partial charge in [-0.15, -0.1) is 0 Å². The second-order valence-corrected chi connectivity index (χ2v) is 3.48. The van der Waals surface area contributed by atoms with Gasteiger partial charge in [-0.3, -0.25) is 4.79 Å². The van der Waals surface area contributed by atoms with Crippen LogP contribution in [0.5, 0.6) is 0 Å². The van der Waals surface area contributed by atoms with Gasteiger partial charge in [-0.1, -0.05) is 0 Å². The molecule has 0 spiro atoms. The SMILES string of the molecule is COCC(N)C(=O)NC1CCCOC1. The van der Waals surface area contributed by atoms with Crippen LogP contribution < -0.4 is 11.1 Å². The van der Waals surface area contributed by atoms with Gasteiger partial charge in [-0.05, 0) is 12.8 Å². The lowest BCUT2D eigenvalue weighted by molar-refractivity contribution is -0.125. The van der Waals surface area contributed by atoms with Gasteiger partial charge in [0.1, 0.15) is 6.04 Å². The first-order valence-corrected chi connectivity index (χ1v) is 4.86. The summed E-state index contributed by atoms with van der Waals surface area (Å²) < 4.78 is 10.0. The smallest absolute Gasteiger partial charge is 0.239 e. The van der Waals surface area contributed by atoms with Crippen molar-refractivity contribution in [1.29, 1.82) is 0 Å². The van der Waals surface area contributed by atoms with E-state index in [9.17, 15) is 4.79 Å². The molecule has 82 valence electrons. The second-order valence-electron chi connectivity index (χ2n) is 3.48. The molecule has 2 unspecified atom stereocenters. The number of methoxy groups -OCH3 is 1. The number of rotatable bonds is 4. The molecule has 0 aliphatic carbocycles. The number of hydrogen-bond donors (Lipinski definition) is 2. The lowest BCUT2D eigenvalue weighted by Crippen LogP contribution is -2.49. The highest BCUT2D eigenvalue weighted by molar-refractivity contribution is 5.81. The third-order valence-electron chi connectivity index (χ3n) is 2.19. The summed E-state index contributed by atoms with van der Waals surface area (Å²) >= 11 is 0. The van der Waals surface area contributed by atoms with Gasteiger partial charge in [0.25, 0.3) is 0 Å². The van der Waals surface area contributed by atoms with Crippen LogP contribution in [0.4, 0.5) is 0 Å². The summed E-state index contributed by atoms with van der Waals surface area (Å²) in [6.07, 6.45) is 1.95. The van der Waals surface area contributed by atoms with E-state index in [1.165, 1.54) is 7.11 Å². The Kier molecular flexibility index (Phi) is 4.86. The number of hydrogen-bond acceptors (Lipinski definition) is 4. The van der Waals surface area contributed by atoms with Crippen LogP contribution in [0.25, 0.3) is 0 Å². The molecule has 1 amide bonds. The minimum atomic E-state index is -0.582. The largest absolute Gasteiger partial charge is 0.383 e. The summed E-state index contributed by atoms with van der Waals surface area (Å²) in [4.78, 5) is 11.4. The van der Waals surface area contributed by atoms with Gasteiger partial charge in [0.2, 0.25) is 5.91 Å². The van der Waals surface area contributed by atoms with E-state index in [0.29, 0.717) is 6.61 Å². The molecule has 0 aromatic heterocycles. The van der Waals surface area contributed by atoms with Crippen LogP contribution in [0.2, 0.25) is 0 Å². The molecule has 1 rings (SSSR count). The van der Waals surface area contributed by atoms with E-state index in [-0.39, 0.29) is 18.6 Å². The van der Waals surface area contributed by atoms with Gasteiger partial charge in [0, 0.05) is 13.7 Å². The van der Waals surface area contributed by atoms with Crippen molar-refractivity contribution in [3.63, 3.8) is 0 Å². The van der Waals surface area contributed by atoms with Crippen LogP contribution in [0, 0.1) is 0 Å². The van der Waals surface area contributed by atoms with E-state index >= 15 is 0 Å². The van der Waals surface area contributed by atoms with Crippen molar-refractivity contribution >= 4 is 5.91 Å². The van der Waals surface area contributed by atoms with Crippen molar-refractivity contribution in [3.8, 4) is 0 Å². The Hall–Kier alpha value is -0.650. The molecule has 14 heavy (non-hydrogen) atoms. The molecule has 0 aromatic rings. The van der Waals surface area contributed by atoms with E-state index in [1.54, 1.807) is 0 Å². The topological polar surface area (TPSA) is 73.6 Å². The maximum atomic E-state index is 11.4. The molecule has 1 aliphatic heterocycles. The van der Waals surface area contributed by atoms with Crippen LogP contribution in [-0.4, -0.2) is 44.9 Å². The number of carbonyl (C=O) groups is 1. The summed E-state index contributed by atoms with van der Waals surface area (Å²) in [5.74, 6) is -0.164. The van der Waals surface area contributed by atoms with Crippen molar-refractivity contribution < 1.29 is 14.3 Å². The van der Waals surface area contributed by atoms with Gasteiger partial charge in [0.15, 0.2) is 0 Å². The van der Waals surface area contributed by atoms with E-state index in [1.807, 2.05) is 0 Å². The molecule has 0 radical (unpaired) electrons. The van der Waals surface area contributed by atoms with Crippen molar-refractivity contribution in [2.45, 2.75) is 24.9 Å². The summed E-state index contributed by atoms with van der Waals surface area (Å²) in [5, 5.41) is 2.83. The van der Waals surface area contributed by atoms with Gasteiger partial charge in [-0.2, -0.15) is 0 Å². The fraction of sp³-hybridized carbons (Fsp3) is 0.889. The van der Waals surface area contributed by atoms with E-state index in [4.69, 9.17) is 15.2 Å². The monoisotopic (exact) mass is 202 g/mol. The highest BCUT2D eigenvalue weighted by Gasteiger charge is 2.19. The normalized spacial score (nSPS) is 24.3. The summed E-state index contributed by atoms with van der Waals surface area (Å²) in [7, 11) is 1.52. The Morgan fingerprint density at radius 2 is 2.57 bits per heavy atom. The Labute approximate surface area is 83.9 Å². The average Bonchev–Trinajstić information content (AvgIpc) is 2.19. The van der Waals surface area contributed by atoms with E-state index < -0.39 is 6.04 Å². The predicted octanol–water partition coefficient (Wildman–Crippen LogP) is -0.745. The first kappa shape index (κ1) is 11.4. The molecule has 1 saturated heterocycles. The summed E-state index contributed by atoms with van der Waals surface area (Å²) in [6, 6.07) is -0.471. The van der Waals surface area contributed by atoms with Crippen molar-refractivity contribution in [1.82, 2.24) is 5.32 Å². The Bertz CT molecular complexity index is 181. The third kappa shape index (κ3) is 3.61. The lowest BCUT2D eigenvalue weighted by atomic mass is 10.1. The van der Waals surface area contributed by atoms with Crippen LogP contribution in [-0.2, 0) is 14.3 Å². The van der Waals surface area contributed by atoms with Crippen molar-refractivity contribution in [2.24, 2.45) is 5.73 Å². The fourth-order valence-corrected chi connectivity index (χ4v) is 1.42. The molecule has 5 nitrogen and oxygen atoms in total. The zero-order chi connectivity index (χ0) is 10.4. The number of ether oxygens (including phenoxy) is 2. The molecule has 3 N–H and O–H groups in total. The van der Waals surface area contributed by atoms with Crippen molar-refractivity contribution in [2.75, 3.05) is 26.9 Å². The van der Waals surface area contributed by atoms with Crippen LogP contribution in [0.3, 0.4) is 0 Å². The van der Waals surface area contributed by atoms with Gasteiger partial charge >= 0.3 is 0 Å². The third-order valence-corrected chi connectivity index (χ3v) is 2.19. The highest BCUT2D eigenvalue weighted by atomic mass is 16.5. The molecule has 0 saturated carbocycles. The molecule has 1 heterocycles. The molecular formula is C9H18N2O3. The summed E-state index contributed by atoms with van der Waals surface area (Å²) in [6.45, 7) is 1.63. The second kappa shape index (κ2) is 5.95. The average molecular weight is 202 g/mol. The number of carbonyl (C=O) groups excluding carboxylic acids is 1. The summed E-state index contributed by atoms with van der Waals surface area (Å²) in [5.41, 5.74) is 5.57. The Morgan fingerprint density at radius 1 is 1.79 bits per heavy atom. The molecule has 5 heteroatoms. The highest BCUT2D eigenvalue weighted by Crippen LogP contribution is 2.05. The lowest BCUT2D eigenvalue weighted by Gasteiger charge is -2.24. The molecule has 1 fully saturated rings. The molecular weight excluding hydrogens is 184 g/mol. The van der Waals surface area contributed by atoms with Crippen LogP contribution in [0.1, 0.15) is 12.8 Å². The first-order valence-electron chi connectivity index (χ1n) is 4.86. The standard InChI is InChI=1S/C9H18N2O3/c1-13-6-8(10)9(12)11-7-3-2-4-14-5-7/h7-8H,2-6,10H2,1H3,(H,11,12). The minimum absolute atomic E-state index is 0.110. The van der Waals surface area contributed by atoms with Crippen molar-refractivity contribution in [3.05, 3.63) is 0 Å². The number of nitrogens with one attached hydrogen (secondary N) is 1. The minimum Gasteiger partial charge on any atom is -0.383 e. The van der Waals surface area contributed by atoms with Gasteiger partial charge in [0.05, 0.1) is 19.3 Å². The predicted molar refractivity (Wildman–Crippen MR) is 51.8 cm³/mol. The zero-order valence-corrected chi connectivity index (χ0v) is 8.49. The van der Waals surface area contributed by atoms with E-state index in [2.05, 4.69) is 5.32 Å². The fourth-order valence-electron chi connectivity index (χ4n) is 1.42. The van der Waals surface area contributed by atoms with Crippen LogP contribution >= 0.6 is 0 Å². The van der Waals surface area contributed by atoms with Gasteiger partial charge < -0.3 is 20.5 Å². The maximum Gasteiger partial charge on any atom is 0.239 e. The molecule has 0 bridgehead atoms. The molecule has 2 atom stereocenters. The molecule has 1 aliphatic rings. The quantitative estimate of drug-likeness (QED) is 0.629. The van der Waals surface area contributed by atoms with Crippen LogP contribution in [0.15, 0.2) is 0 Å². The number of amides is 1. The van der Waals surface area contributed by atoms with Gasteiger partial charge in [-0.25, -0.2) is 0 Å². The van der Waals surface area contributed by atoms with E-state index in [0.717, 1.165) is 19.4 Å². The number of nitrogens with two attached hydrogens (primary N) is 1. The Balaban J connectivity index is 2.24.